The number of furan rings is 1. The van der Waals surface area contributed by atoms with Crippen LogP contribution in [0.5, 0.6) is 0 Å². The lowest BCUT2D eigenvalue weighted by molar-refractivity contribution is 0.0979. The van der Waals surface area contributed by atoms with E-state index in [1.54, 1.807) is 30.3 Å². The Morgan fingerprint density at radius 2 is 2.05 bits per heavy atom. The van der Waals surface area contributed by atoms with Crippen LogP contribution in [-0.2, 0) is 0 Å². The Morgan fingerprint density at radius 3 is 2.80 bits per heavy atom. The zero-order chi connectivity index (χ0) is 14.1. The van der Waals surface area contributed by atoms with E-state index in [-0.39, 0.29) is 11.3 Å². The van der Waals surface area contributed by atoms with Crippen LogP contribution < -0.4 is 11.0 Å². The Labute approximate surface area is 121 Å². The lowest BCUT2D eigenvalue weighted by Crippen LogP contribution is -2.33. The van der Waals surface area contributed by atoms with Gasteiger partial charge in [-0.1, -0.05) is 12.1 Å². The number of halogens is 1. The summed E-state index contributed by atoms with van der Waals surface area (Å²) in [5, 5.41) is 0.427. The van der Waals surface area contributed by atoms with Gasteiger partial charge in [0.1, 0.15) is 6.33 Å². The molecule has 20 heavy (non-hydrogen) atoms. The number of carbonyl (C=O) groups is 1. The zero-order valence-corrected chi connectivity index (χ0v) is 11.6. The lowest BCUT2D eigenvalue weighted by Gasteiger charge is -2.06. The van der Waals surface area contributed by atoms with Crippen molar-refractivity contribution < 1.29 is 9.21 Å². The first-order valence-corrected chi connectivity index (χ1v) is 6.47. The van der Waals surface area contributed by atoms with E-state index < -0.39 is 5.91 Å². The number of para-hydroxylation sites is 1. The Kier molecular flexibility index (Phi) is 3.11. The van der Waals surface area contributed by atoms with E-state index in [4.69, 9.17) is 4.42 Å². The van der Waals surface area contributed by atoms with Gasteiger partial charge < -0.3 is 4.42 Å². The first kappa shape index (κ1) is 12.6. The predicted octanol–water partition coefficient (Wildman–Crippen LogP) is 2.14. The zero-order valence-electron chi connectivity index (χ0n) is 10.0. The van der Waals surface area contributed by atoms with Crippen LogP contribution in [0.3, 0.4) is 0 Å². The van der Waals surface area contributed by atoms with Crippen LogP contribution in [0.4, 0.5) is 0 Å². The molecule has 2 heterocycles. The van der Waals surface area contributed by atoms with Crippen molar-refractivity contribution in [2.45, 2.75) is 0 Å². The molecular formula is C13H8BrN3O3. The fraction of sp³-hybridized carbons (Fsp3) is 0. The topological polar surface area (TPSA) is 77.1 Å². The lowest BCUT2D eigenvalue weighted by atomic mass is 10.2. The molecule has 0 spiro atoms. The van der Waals surface area contributed by atoms with Crippen molar-refractivity contribution in [2.24, 2.45) is 0 Å². The van der Waals surface area contributed by atoms with E-state index in [1.807, 2.05) is 0 Å². The van der Waals surface area contributed by atoms with Crippen molar-refractivity contribution in [3.63, 3.8) is 0 Å². The molecule has 0 aliphatic carbocycles. The normalized spacial score (nSPS) is 10.7. The molecule has 1 aromatic carbocycles. The minimum Gasteiger partial charge on any atom is -0.444 e. The summed E-state index contributed by atoms with van der Waals surface area (Å²) >= 11 is 3.11. The van der Waals surface area contributed by atoms with E-state index >= 15 is 0 Å². The van der Waals surface area contributed by atoms with Gasteiger partial charge in [0.2, 0.25) is 0 Å². The molecule has 2 aromatic heterocycles. The number of carbonyl (C=O) groups excluding carboxylic acids is 1. The minimum atomic E-state index is -0.533. The summed E-state index contributed by atoms with van der Waals surface area (Å²) in [5.41, 5.74) is 2.64. The third kappa shape index (κ3) is 2.23. The smallest absolute Gasteiger partial charge is 0.305 e. The van der Waals surface area contributed by atoms with Crippen LogP contribution in [0.25, 0.3) is 10.9 Å². The maximum absolute atomic E-state index is 12.2. The van der Waals surface area contributed by atoms with E-state index in [1.165, 1.54) is 12.4 Å². The molecule has 0 aliphatic heterocycles. The van der Waals surface area contributed by atoms with Gasteiger partial charge in [0.25, 0.3) is 5.56 Å². The average Bonchev–Trinajstić information content (AvgIpc) is 2.89. The summed E-state index contributed by atoms with van der Waals surface area (Å²) in [6, 6.07) is 10.00. The number of hydrogen-bond donors (Lipinski definition) is 1. The average molecular weight is 334 g/mol. The van der Waals surface area contributed by atoms with E-state index in [2.05, 4.69) is 26.3 Å². The number of hydrogen-bond acceptors (Lipinski definition) is 4. The maximum Gasteiger partial charge on any atom is 0.305 e. The molecular weight excluding hydrogens is 326 g/mol. The highest BCUT2D eigenvalue weighted by Crippen LogP contribution is 2.14. The molecule has 0 bridgehead atoms. The van der Waals surface area contributed by atoms with Crippen LogP contribution in [0.15, 0.2) is 56.6 Å². The fourth-order valence-electron chi connectivity index (χ4n) is 1.75. The second kappa shape index (κ2) is 4.93. The maximum atomic E-state index is 12.2. The second-order valence-corrected chi connectivity index (χ2v) is 4.76. The molecule has 0 saturated heterocycles. The molecule has 0 fully saturated rings. The van der Waals surface area contributed by atoms with Crippen LogP contribution in [0.1, 0.15) is 10.6 Å². The van der Waals surface area contributed by atoms with Crippen LogP contribution in [0.2, 0.25) is 0 Å². The Morgan fingerprint density at radius 1 is 1.25 bits per heavy atom. The van der Waals surface area contributed by atoms with Gasteiger partial charge in [0.15, 0.2) is 10.4 Å². The molecule has 0 aliphatic rings. The van der Waals surface area contributed by atoms with Crippen molar-refractivity contribution in [3.8, 4) is 0 Å². The van der Waals surface area contributed by atoms with Crippen molar-refractivity contribution in [3.05, 3.63) is 63.5 Å². The van der Waals surface area contributed by atoms with Crippen LogP contribution in [-0.4, -0.2) is 15.6 Å². The van der Waals surface area contributed by atoms with Crippen molar-refractivity contribution in [1.82, 2.24) is 9.66 Å². The summed E-state index contributed by atoms with van der Waals surface area (Å²) in [6.07, 6.45) is 1.26. The van der Waals surface area contributed by atoms with Gasteiger partial charge in [0.05, 0.1) is 10.9 Å². The van der Waals surface area contributed by atoms with E-state index in [0.717, 1.165) is 4.68 Å². The van der Waals surface area contributed by atoms with E-state index in [0.29, 0.717) is 15.6 Å². The Balaban J connectivity index is 1.97. The summed E-state index contributed by atoms with van der Waals surface area (Å²) in [4.78, 5) is 28.2. The molecule has 100 valence electrons. The molecule has 6 nitrogen and oxygen atoms in total. The van der Waals surface area contributed by atoms with Gasteiger partial charge in [0, 0.05) is 0 Å². The van der Waals surface area contributed by atoms with Gasteiger partial charge in [-0.15, -0.1) is 0 Å². The summed E-state index contributed by atoms with van der Waals surface area (Å²) in [6.45, 7) is 0. The minimum absolute atomic E-state index is 0.0944. The van der Waals surface area contributed by atoms with Gasteiger partial charge >= 0.3 is 5.91 Å². The molecule has 3 aromatic rings. The molecule has 1 N–H and O–H groups in total. The highest BCUT2D eigenvalue weighted by molar-refractivity contribution is 9.10. The highest BCUT2D eigenvalue weighted by atomic mass is 79.9. The summed E-state index contributed by atoms with van der Waals surface area (Å²) in [5.74, 6) is -0.438. The molecule has 0 atom stereocenters. The Bertz CT molecular complexity index is 853. The third-order valence-electron chi connectivity index (χ3n) is 2.68. The molecule has 0 unspecified atom stereocenters. The van der Waals surface area contributed by atoms with E-state index in [9.17, 15) is 9.59 Å². The first-order chi connectivity index (χ1) is 9.65. The number of amides is 1. The van der Waals surface area contributed by atoms with Gasteiger partial charge in [-0.05, 0) is 40.2 Å². The van der Waals surface area contributed by atoms with Crippen LogP contribution in [0, 0.1) is 0 Å². The molecule has 0 radical (unpaired) electrons. The summed E-state index contributed by atoms with van der Waals surface area (Å²) in [7, 11) is 0. The Hall–Kier alpha value is -2.41. The van der Waals surface area contributed by atoms with Crippen molar-refractivity contribution >= 4 is 32.7 Å². The number of fused-ring (bicyclic) bond motifs is 1. The predicted molar refractivity (Wildman–Crippen MR) is 76.1 cm³/mol. The first-order valence-electron chi connectivity index (χ1n) is 5.68. The number of benzene rings is 1. The molecule has 1 amide bonds. The summed E-state index contributed by atoms with van der Waals surface area (Å²) < 4.78 is 6.58. The standard InChI is InChI=1S/C13H8BrN3O3/c14-11-6-5-10(20-11)12(18)16-17-7-15-9-4-2-1-3-8(9)13(17)19/h1-7H,(H,16,18). The fourth-order valence-corrected chi connectivity index (χ4v) is 2.06. The van der Waals surface area contributed by atoms with Crippen molar-refractivity contribution in [1.29, 1.82) is 0 Å². The monoisotopic (exact) mass is 333 g/mol. The largest absolute Gasteiger partial charge is 0.444 e. The molecule has 0 saturated carbocycles. The van der Waals surface area contributed by atoms with Crippen molar-refractivity contribution in [2.75, 3.05) is 5.43 Å². The number of aromatic nitrogens is 2. The van der Waals surface area contributed by atoms with Gasteiger partial charge in [-0.2, -0.15) is 0 Å². The molecule has 3 rings (SSSR count). The number of nitrogens with one attached hydrogen (secondary N) is 1. The number of nitrogens with zero attached hydrogens (tertiary/aromatic N) is 2. The quantitative estimate of drug-likeness (QED) is 0.779. The third-order valence-corrected chi connectivity index (χ3v) is 3.11. The second-order valence-electron chi connectivity index (χ2n) is 3.98. The SMILES string of the molecule is O=C(Nn1cnc2ccccc2c1=O)c1ccc(Br)o1. The molecule has 7 heteroatoms. The van der Waals surface area contributed by atoms with Gasteiger partial charge in [-0.25, -0.2) is 9.66 Å². The van der Waals surface area contributed by atoms with Gasteiger partial charge in [-0.3, -0.25) is 15.0 Å². The highest BCUT2D eigenvalue weighted by Gasteiger charge is 2.12. The van der Waals surface area contributed by atoms with Crippen LogP contribution >= 0.6 is 15.9 Å². The number of rotatable bonds is 2.